The van der Waals surface area contributed by atoms with Crippen LogP contribution in [-0.4, -0.2) is 18.2 Å². The van der Waals surface area contributed by atoms with Gasteiger partial charge in [0.05, 0.1) is 0 Å². The third-order valence-corrected chi connectivity index (χ3v) is 2.07. The molecule has 0 radical (unpaired) electrons. The summed E-state index contributed by atoms with van der Waals surface area (Å²) in [5, 5.41) is 3.13. The molecular formula is C11H16FNOS. The van der Waals surface area contributed by atoms with Crippen LogP contribution in [0.5, 0.6) is 5.75 Å². The molecule has 0 fully saturated rings. The Kier molecular flexibility index (Phi) is 4.75. The average Bonchev–Trinajstić information content (AvgIpc) is 2.15. The zero-order valence-corrected chi connectivity index (χ0v) is 10.0. The van der Waals surface area contributed by atoms with E-state index in [1.165, 1.54) is 17.8 Å². The summed E-state index contributed by atoms with van der Waals surface area (Å²) < 4.78 is 18.7. The van der Waals surface area contributed by atoms with Crippen LogP contribution < -0.4 is 10.1 Å². The first-order valence-corrected chi connectivity index (χ1v) is 6.20. The number of rotatable bonds is 5. The molecule has 0 unspecified atom stereocenters. The predicted molar refractivity (Wildman–Crippen MR) is 64.2 cm³/mol. The summed E-state index contributed by atoms with van der Waals surface area (Å²) in [5.74, 6) is 0.446. The fraction of sp³-hybridized carbons (Fsp3) is 0.455. The van der Waals surface area contributed by atoms with Crippen LogP contribution >= 0.6 is 11.8 Å². The third kappa shape index (κ3) is 4.00. The number of ether oxygens (including phenoxy) is 1. The second-order valence-corrected chi connectivity index (χ2v) is 4.31. The van der Waals surface area contributed by atoms with E-state index in [0.29, 0.717) is 17.7 Å². The first-order chi connectivity index (χ1) is 7.13. The first-order valence-electron chi connectivity index (χ1n) is 4.81. The van der Waals surface area contributed by atoms with Crippen molar-refractivity contribution in [1.29, 1.82) is 0 Å². The summed E-state index contributed by atoms with van der Waals surface area (Å²) in [4.78, 5) is 0. The summed E-state index contributed by atoms with van der Waals surface area (Å²) >= 11 is 1.52. The van der Waals surface area contributed by atoms with E-state index in [1.54, 1.807) is 6.07 Å². The molecule has 0 aliphatic rings. The summed E-state index contributed by atoms with van der Waals surface area (Å²) in [7, 11) is 0. The first kappa shape index (κ1) is 12.2. The molecule has 0 saturated heterocycles. The number of nitrogens with one attached hydrogen (secondary N) is 1. The fourth-order valence-electron chi connectivity index (χ4n) is 1.16. The molecule has 0 atom stereocenters. The van der Waals surface area contributed by atoms with Crippen LogP contribution in [-0.2, 0) is 0 Å². The Bertz CT molecular complexity index is 317. The van der Waals surface area contributed by atoms with Crippen molar-refractivity contribution in [2.24, 2.45) is 0 Å². The molecule has 1 aromatic carbocycles. The van der Waals surface area contributed by atoms with Crippen LogP contribution in [0.3, 0.4) is 0 Å². The van der Waals surface area contributed by atoms with Crippen molar-refractivity contribution < 1.29 is 9.13 Å². The highest BCUT2D eigenvalue weighted by atomic mass is 32.2. The van der Waals surface area contributed by atoms with Gasteiger partial charge in [0, 0.05) is 17.8 Å². The topological polar surface area (TPSA) is 21.3 Å². The number of benzene rings is 1. The number of halogens is 1. The second kappa shape index (κ2) is 5.85. The van der Waals surface area contributed by atoms with Gasteiger partial charge in [-0.2, -0.15) is 0 Å². The molecule has 0 saturated carbocycles. The van der Waals surface area contributed by atoms with E-state index in [4.69, 9.17) is 4.74 Å². The van der Waals surface area contributed by atoms with E-state index in [-0.39, 0.29) is 5.82 Å². The van der Waals surface area contributed by atoms with Crippen molar-refractivity contribution in [3.63, 3.8) is 0 Å². The molecule has 84 valence electrons. The van der Waals surface area contributed by atoms with Gasteiger partial charge in [-0.05, 0) is 32.2 Å². The van der Waals surface area contributed by atoms with Crippen molar-refractivity contribution >= 4 is 17.4 Å². The van der Waals surface area contributed by atoms with Gasteiger partial charge in [0.1, 0.15) is 5.94 Å². The Morgan fingerprint density at radius 2 is 2.20 bits per heavy atom. The minimum Gasteiger partial charge on any atom is -0.480 e. The molecular weight excluding hydrogens is 213 g/mol. The maximum absolute atomic E-state index is 13.4. The van der Waals surface area contributed by atoms with E-state index < -0.39 is 0 Å². The number of hydrogen-bond acceptors (Lipinski definition) is 3. The summed E-state index contributed by atoms with van der Waals surface area (Å²) in [6, 6.07) is 5.22. The second-order valence-electron chi connectivity index (χ2n) is 3.50. The SMILES string of the molecule is CSCOc1ccc(NC(C)C)cc1F. The lowest BCUT2D eigenvalue weighted by atomic mass is 10.2. The largest absolute Gasteiger partial charge is 0.480 e. The Labute approximate surface area is 94.2 Å². The van der Waals surface area contributed by atoms with Gasteiger partial charge in [0.2, 0.25) is 0 Å². The van der Waals surface area contributed by atoms with E-state index in [1.807, 2.05) is 26.2 Å². The smallest absolute Gasteiger partial charge is 0.167 e. The summed E-state index contributed by atoms with van der Waals surface area (Å²) in [6.45, 7) is 4.02. The van der Waals surface area contributed by atoms with Crippen LogP contribution in [0.25, 0.3) is 0 Å². The fourth-order valence-corrected chi connectivity index (χ4v) is 1.41. The van der Waals surface area contributed by atoms with E-state index >= 15 is 0 Å². The van der Waals surface area contributed by atoms with Gasteiger partial charge in [-0.25, -0.2) is 4.39 Å². The van der Waals surface area contributed by atoms with E-state index in [0.717, 1.165) is 5.69 Å². The Hall–Kier alpha value is -0.900. The normalized spacial score (nSPS) is 10.5. The minimum atomic E-state index is -0.324. The number of thioether (sulfide) groups is 1. The maximum Gasteiger partial charge on any atom is 0.167 e. The van der Waals surface area contributed by atoms with Crippen molar-refractivity contribution in [3.8, 4) is 5.75 Å². The molecule has 1 N–H and O–H groups in total. The van der Waals surface area contributed by atoms with Crippen molar-refractivity contribution in [1.82, 2.24) is 0 Å². The van der Waals surface area contributed by atoms with Crippen LogP contribution in [0.1, 0.15) is 13.8 Å². The highest BCUT2D eigenvalue weighted by Crippen LogP contribution is 2.22. The number of hydrogen-bond donors (Lipinski definition) is 1. The lowest BCUT2D eigenvalue weighted by Gasteiger charge is -2.11. The molecule has 0 bridgehead atoms. The highest BCUT2D eigenvalue weighted by Gasteiger charge is 2.04. The van der Waals surface area contributed by atoms with Crippen LogP contribution in [0.4, 0.5) is 10.1 Å². The van der Waals surface area contributed by atoms with Gasteiger partial charge in [0.15, 0.2) is 11.6 Å². The van der Waals surface area contributed by atoms with Gasteiger partial charge in [0.25, 0.3) is 0 Å². The Morgan fingerprint density at radius 1 is 1.47 bits per heavy atom. The Morgan fingerprint density at radius 3 is 2.73 bits per heavy atom. The standard InChI is InChI=1S/C11H16FNOS/c1-8(2)13-9-4-5-11(10(12)6-9)14-7-15-3/h4-6,8,13H,7H2,1-3H3. The summed E-state index contributed by atoms with van der Waals surface area (Å²) in [5.41, 5.74) is 0.777. The lowest BCUT2D eigenvalue weighted by molar-refractivity contribution is 0.368. The van der Waals surface area contributed by atoms with E-state index in [9.17, 15) is 4.39 Å². The molecule has 15 heavy (non-hydrogen) atoms. The zero-order valence-electron chi connectivity index (χ0n) is 9.21. The molecule has 1 rings (SSSR count). The van der Waals surface area contributed by atoms with Gasteiger partial charge >= 0.3 is 0 Å². The van der Waals surface area contributed by atoms with Gasteiger partial charge in [-0.1, -0.05) is 0 Å². The molecule has 0 aromatic heterocycles. The van der Waals surface area contributed by atoms with E-state index in [2.05, 4.69) is 5.32 Å². The third-order valence-electron chi connectivity index (χ3n) is 1.72. The number of anilines is 1. The maximum atomic E-state index is 13.4. The molecule has 0 spiro atoms. The monoisotopic (exact) mass is 229 g/mol. The molecule has 0 aliphatic heterocycles. The van der Waals surface area contributed by atoms with Crippen LogP contribution in [0.15, 0.2) is 18.2 Å². The van der Waals surface area contributed by atoms with Crippen LogP contribution in [0.2, 0.25) is 0 Å². The Balaban J connectivity index is 2.69. The van der Waals surface area contributed by atoms with Crippen molar-refractivity contribution in [2.75, 3.05) is 17.5 Å². The minimum absolute atomic E-state index is 0.294. The lowest BCUT2D eigenvalue weighted by Crippen LogP contribution is -2.09. The molecule has 0 amide bonds. The molecule has 1 aromatic rings. The molecule has 0 heterocycles. The van der Waals surface area contributed by atoms with Crippen molar-refractivity contribution in [3.05, 3.63) is 24.0 Å². The zero-order chi connectivity index (χ0) is 11.3. The van der Waals surface area contributed by atoms with Gasteiger partial charge in [-0.3, -0.25) is 0 Å². The van der Waals surface area contributed by atoms with Gasteiger partial charge < -0.3 is 10.1 Å². The van der Waals surface area contributed by atoms with Crippen molar-refractivity contribution in [2.45, 2.75) is 19.9 Å². The quantitative estimate of drug-likeness (QED) is 0.782. The molecule has 2 nitrogen and oxygen atoms in total. The average molecular weight is 229 g/mol. The predicted octanol–water partition coefficient (Wildman–Crippen LogP) is 3.35. The van der Waals surface area contributed by atoms with Crippen LogP contribution in [0, 0.1) is 5.82 Å². The molecule has 4 heteroatoms. The highest BCUT2D eigenvalue weighted by molar-refractivity contribution is 7.98. The van der Waals surface area contributed by atoms with Gasteiger partial charge in [-0.15, -0.1) is 11.8 Å². The molecule has 0 aliphatic carbocycles. The summed E-state index contributed by atoms with van der Waals surface area (Å²) in [6.07, 6.45) is 1.91.